The molecule has 0 rings (SSSR count). The third kappa shape index (κ3) is 9.81. The quantitative estimate of drug-likeness (QED) is 0.313. The van der Waals surface area contributed by atoms with Gasteiger partial charge in [-0.3, -0.25) is 4.79 Å². The molecule has 0 fully saturated rings. The summed E-state index contributed by atoms with van der Waals surface area (Å²) in [5, 5.41) is 50.5. The van der Waals surface area contributed by atoms with Gasteiger partial charge in [0.1, 0.15) is 18.3 Å². The van der Waals surface area contributed by atoms with Gasteiger partial charge in [-0.15, -0.1) is 0 Å². The summed E-state index contributed by atoms with van der Waals surface area (Å²) in [7, 11) is 0. The van der Waals surface area contributed by atoms with Crippen molar-refractivity contribution in [3.63, 3.8) is 0 Å². The number of aliphatic hydroxyl groups is 5. The number of hydrogen-bond acceptors (Lipinski definition) is 6. The number of carboxylic acids is 1. The van der Waals surface area contributed by atoms with Crippen molar-refractivity contribution < 1.29 is 35.4 Å². The second-order valence-corrected chi connectivity index (χ2v) is 3.13. The smallest absolute Gasteiger partial charge is 0.303 e. The number of aliphatic carboxylic acids is 1. The van der Waals surface area contributed by atoms with Gasteiger partial charge in [0.25, 0.3) is 0 Å². The molecule has 0 aromatic rings. The highest BCUT2D eigenvalue weighted by Crippen LogP contribution is 1.98. The molecule has 0 aliphatic carbocycles. The molecule has 1 unspecified atom stereocenters. The van der Waals surface area contributed by atoms with Gasteiger partial charge in [-0.05, 0) is 6.42 Å². The minimum atomic E-state index is -1.49. The summed E-state index contributed by atoms with van der Waals surface area (Å²) in [4.78, 5) is 9.60. The highest BCUT2D eigenvalue weighted by atomic mass is 16.4. The lowest BCUT2D eigenvalue weighted by molar-refractivity contribution is -0.137. The molecule has 0 amide bonds. The Kier molecular flexibility index (Phi) is 11.9. The molecule has 0 saturated heterocycles. The Balaban J connectivity index is 0. The van der Waals surface area contributed by atoms with E-state index in [1.165, 1.54) is 0 Å². The van der Waals surface area contributed by atoms with Crippen LogP contribution in [0.15, 0.2) is 0 Å². The van der Waals surface area contributed by atoms with Gasteiger partial charge in [-0.1, -0.05) is 6.92 Å². The van der Waals surface area contributed by atoms with Crippen molar-refractivity contribution in [2.45, 2.75) is 38.1 Å². The van der Waals surface area contributed by atoms with Crippen LogP contribution < -0.4 is 0 Å². The summed E-state index contributed by atoms with van der Waals surface area (Å²) in [6.45, 7) is 0.560. The van der Waals surface area contributed by atoms with Crippen LogP contribution in [0.2, 0.25) is 0 Å². The fourth-order valence-electron chi connectivity index (χ4n) is 0.686. The second kappa shape index (κ2) is 10.8. The Morgan fingerprint density at radius 1 is 1.06 bits per heavy atom. The predicted molar refractivity (Wildman–Crippen MR) is 54.7 cm³/mol. The molecule has 6 N–H and O–H groups in total. The molecule has 0 aliphatic rings. The standard InChI is InChI=1S/C5H12O5.C4H8O2/c6-1-3(8)5(10)4(9)2-7;1-2-3-4(5)6/h3-10H,1-2H2;2-3H2,1H3,(H,5,6)/t3-,4+,5?;. The van der Waals surface area contributed by atoms with Gasteiger partial charge in [0.05, 0.1) is 13.2 Å². The number of hydrogen-bond donors (Lipinski definition) is 6. The van der Waals surface area contributed by atoms with Crippen LogP contribution in [-0.2, 0) is 4.79 Å². The normalized spacial score (nSPS) is 15.6. The molecule has 16 heavy (non-hydrogen) atoms. The van der Waals surface area contributed by atoms with Crippen LogP contribution in [0.5, 0.6) is 0 Å². The van der Waals surface area contributed by atoms with E-state index in [-0.39, 0.29) is 0 Å². The van der Waals surface area contributed by atoms with E-state index in [1.54, 1.807) is 0 Å². The average Bonchev–Trinajstić information content (AvgIpc) is 2.26. The summed E-state index contributed by atoms with van der Waals surface area (Å²) in [6.07, 6.45) is -3.27. The lowest BCUT2D eigenvalue weighted by Gasteiger charge is -2.19. The van der Waals surface area contributed by atoms with E-state index in [0.29, 0.717) is 6.42 Å². The molecule has 7 heteroatoms. The number of aliphatic hydroxyl groups excluding tert-OH is 5. The first-order valence-corrected chi connectivity index (χ1v) is 4.88. The van der Waals surface area contributed by atoms with Crippen molar-refractivity contribution >= 4 is 5.97 Å². The topological polar surface area (TPSA) is 138 Å². The minimum absolute atomic E-state index is 0.292. The highest BCUT2D eigenvalue weighted by Gasteiger charge is 2.22. The van der Waals surface area contributed by atoms with Gasteiger partial charge in [0.2, 0.25) is 0 Å². The predicted octanol–water partition coefficient (Wildman–Crippen LogP) is -2.08. The van der Waals surface area contributed by atoms with Crippen molar-refractivity contribution in [1.82, 2.24) is 0 Å². The average molecular weight is 240 g/mol. The molecule has 0 aliphatic heterocycles. The van der Waals surface area contributed by atoms with Crippen molar-refractivity contribution in [1.29, 1.82) is 0 Å². The molecule has 0 aromatic carbocycles. The molecule has 0 aromatic heterocycles. The number of rotatable bonds is 6. The van der Waals surface area contributed by atoms with Crippen molar-refractivity contribution in [3.05, 3.63) is 0 Å². The van der Waals surface area contributed by atoms with E-state index in [4.69, 9.17) is 30.6 Å². The molecule has 3 atom stereocenters. The van der Waals surface area contributed by atoms with Gasteiger partial charge in [-0.2, -0.15) is 0 Å². The summed E-state index contributed by atoms with van der Waals surface area (Å²) in [5.41, 5.74) is 0. The first-order chi connectivity index (χ1) is 7.40. The van der Waals surface area contributed by atoms with Gasteiger partial charge in [-0.25, -0.2) is 0 Å². The first-order valence-electron chi connectivity index (χ1n) is 4.88. The summed E-state index contributed by atoms with van der Waals surface area (Å²) >= 11 is 0. The van der Waals surface area contributed by atoms with Crippen molar-refractivity contribution in [2.75, 3.05) is 13.2 Å². The van der Waals surface area contributed by atoms with E-state index in [0.717, 1.165) is 6.42 Å². The lowest BCUT2D eigenvalue weighted by Crippen LogP contribution is -2.41. The largest absolute Gasteiger partial charge is 0.481 e. The molecule has 0 spiro atoms. The third-order valence-electron chi connectivity index (χ3n) is 1.63. The van der Waals surface area contributed by atoms with Crippen LogP contribution in [0.1, 0.15) is 19.8 Å². The zero-order chi connectivity index (χ0) is 13.1. The zero-order valence-electron chi connectivity index (χ0n) is 9.15. The van der Waals surface area contributed by atoms with Crippen LogP contribution in [-0.4, -0.2) is 68.1 Å². The maximum Gasteiger partial charge on any atom is 0.303 e. The van der Waals surface area contributed by atoms with E-state index in [9.17, 15) is 4.79 Å². The molecule has 7 nitrogen and oxygen atoms in total. The lowest BCUT2D eigenvalue weighted by atomic mass is 10.1. The Morgan fingerprint density at radius 3 is 1.56 bits per heavy atom. The Hall–Kier alpha value is -0.730. The highest BCUT2D eigenvalue weighted by molar-refractivity contribution is 5.66. The third-order valence-corrected chi connectivity index (χ3v) is 1.63. The van der Waals surface area contributed by atoms with Gasteiger partial charge in [0.15, 0.2) is 0 Å². The van der Waals surface area contributed by atoms with Gasteiger partial charge >= 0.3 is 5.97 Å². The Labute approximate surface area is 93.6 Å². The Bertz CT molecular complexity index is 163. The fraction of sp³-hybridized carbons (Fsp3) is 0.889. The van der Waals surface area contributed by atoms with Gasteiger partial charge < -0.3 is 30.6 Å². The fourth-order valence-corrected chi connectivity index (χ4v) is 0.686. The molecular formula is C9H20O7. The molecule has 0 bridgehead atoms. The second-order valence-electron chi connectivity index (χ2n) is 3.13. The molecule has 0 saturated carbocycles. The van der Waals surface area contributed by atoms with Crippen LogP contribution in [0.25, 0.3) is 0 Å². The molecular weight excluding hydrogens is 220 g/mol. The van der Waals surface area contributed by atoms with Crippen molar-refractivity contribution in [3.8, 4) is 0 Å². The monoisotopic (exact) mass is 240 g/mol. The van der Waals surface area contributed by atoms with E-state index >= 15 is 0 Å². The SMILES string of the molecule is CCCC(=O)O.OC[C@@H](O)C(O)[C@@H](O)CO. The molecule has 0 radical (unpaired) electrons. The van der Waals surface area contributed by atoms with Crippen molar-refractivity contribution in [2.24, 2.45) is 0 Å². The van der Waals surface area contributed by atoms with Crippen LogP contribution in [0.3, 0.4) is 0 Å². The molecule has 0 heterocycles. The van der Waals surface area contributed by atoms with Crippen LogP contribution >= 0.6 is 0 Å². The van der Waals surface area contributed by atoms with Gasteiger partial charge in [0, 0.05) is 6.42 Å². The minimum Gasteiger partial charge on any atom is -0.481 e. The molecule has 98 valence electrons. The maximum atomic E-state index is 9.60. The first kappa shape index (κ1) is 17.7. The van der Waals surface area contributed by atoms with E-state index in [2.05, 4.69) is 0 Å². The number of carboxylic acid groups (broad SMARTS) is 1. The van der Waals surface area contributed by atoms with E-state index < -0.39 is 37.5 Å². The number of carbonyl (C=O) groups is 1. The van der Waals surface area contributed by atoms with Crippen LogP contribution in [0.4, 0.5) is 0 Å². The summed E-state index contributed by atoms with van der Waals surface area (Å²) < 4.78 is 0. The summed E-state index contributed by atoms with van der Waals surface area (Å²) in [5.74, 6) is -0.711. The van der Waals surface area contributed by atoms with Crippen LogP contribution in [0, 0.1) is 0 Å². The Morgan fingerprint density at radius 2 is 1.44 bits per heavy atom. The maximum absolute atomic E-state index is 9.60. The zero-order valence-corrected chi connectivity index (χ0v) is 9.15. The summed E-state index contributed by atoms with van der Waals surface area (Å²) in [6, 6.07) is 0. The van der Waals surface area contributed by atoms with E-state index in [1.807, 2.05) is 6.92 Å².